The van der Waals surface area contributed by atoms with E-state index in [1.54, 1.807) is 12.3 Å². The smallest absolute Gasteiger partial charge is 0.144 e. The minimum absolute atomic E-state index is 0.351. The van der Waals surface area contributed by atoms with Crippen molar-refractivity contribution in [3.05, 3.63) is 29.0 Å². The first-order valence-electron chi connectivity index (χ1n) is 4.47. The van der Waals surface area contributed by atoms with Gasteiger partial charge in [-0.25, -0.2) is 4.21 Å². The summed E-state index contributed by atoms with van der Waals surface area (Å²) in [7, 11) is -1.26. The van der Waals surface area contributed by atoms with E-state index in [-0.39, 0.29) is 4.75 Å². The maximum Gasteiger partial charge on any atom is 0.144 e. The highest BCUT2D eigenvalue weighted by molar-refractivity contribution is 7.85. The van der Waals surface area contributed by atoms with Gasteiger partial charge in [-0.3, -0.25) is 4.98 Å². The highest BCUT2D eigenvalue weighted by atomic mass is 35.5. The van der Waals surface area contributed by atoms with E-state index in [1.165, 1.54) is 12.4 Å². The van der Waals surface area contributed by atoms with Crippen LogP contribution in [0.25, 0.3) is 0 Å². The van der Waals surface area contributed by atoms with Crippen LogP contribution < -0.4 is 0 Å². The first-order chi connectivity index (χ1) is 6.91. The number of rotatable bonds is 2. The molecule has 5 heteroatoms. The molecule has 0 aromatic carbocycles. The van der Waals surface area contributed by atoms with E-state index < -0.39 is 11.0 Å². The fraction of sp³-hybridized carbons (Fsp3) is 0.400. The Kier molecular flexibility index (Phi) is 3.99. The van der Waals surface area contributed by atoms with E-state index in [1.807, 2.05) is 20.8 Å². The van der Waals surface area contributed by atoms with Gasteiger partial charge in [-0.15, -0.1) is 0 Å². The molecule has 0 aliphatic rings. The molecule has 0 saturated heterocycles. The molecule has 0 aliphatic carbocycles. The standard InChI is InChI=1S/C10H13ClN2OS/c1-10(2,3)15(14)13-6-8-4-5-12-7-9(8)11/h4-7H,1-3H3/b13-6+. The second kappa shape index (κ2) is 4.86. The molecular formula is C10H13ClN2OS. The van der Waals surface area contributed by atoms with Gasteiger partial charge >= 0.3 is 0 Å². The molecular weight excluding hydrogens is 232 g/mol. The molecule has 0 radical (unpaired) electrons. The Bertz CT molecular complexity index is 399. The number of nitrogens with zero attached hydrogens (tertiary/aromatic N) is 2. The third-order valence-corrected chi connectivity index (χ3v) is 3.28. The molecule has 0 saturated carbocycles. The van der Waals surface area contributed by atoms with Gasteiger partial charge in [-0.1, -0.05) is 11.6 Å². The summed E-state index contributed by atoms with van der Waals surface area (Å²) in [5.41, 5.74) is 0.726. The van der Waals surface area contributed by atoms with Crippen molar-refractivity contribution >= 4 is 28.8 Å². The lowest BCUT2D eigenvalue weighted by Crippen LogP contribution is -2.19. The number of halogens is 1. The third-order valence-electron chi connectivity index (χ3n) is 1.62. The second-order valence-corrected chi connectivity index (χ2v) is 6.33. The van der Waals surface area contributed by atoms with Gasteiger partial charge in [0.25, 0.3) is 0 Å². The third kappa shape index (κ3) is 3.72. The van der Waals surface area contributed by atoms with E-state index in [9.17, 15) is 4.21 Å². The fourth-order valence-electron chi connectivity index (χ4n) is 0.753. The molecule has 3 nitrogen and oxygen atoms in total. The van der Waals surface area contributed by atoms with Gasteiger partial charge in [0, 0.05) is 24.2 Å². The lowest BCUT2D eigenvalue weighted by atomic mass is 10.3. The van der Waals surface area contributed by atoms with Gasteiger partial charge in [-0.05, 0) is 26.8 Å². The van der Waals surface area contributed by atoms with Crippen LogP contribution in [0.15, 0.2) is 22.9 Å². The highest BCUT2D eigenvalue weighted by Gasteiger charge is 2.18. The van der Waals surface area contributed by atoms with Crippen molar-refractivity contribution in [2.24, 2.45) is 4.40 Å². The van der Waals surface area contributed by atoms with E-state index in [0.717, 1.165) is 5.56 Å². The van der Waals surface area contributed by atoms with Crippen LogP contribution in [0, 0.1) is 0 Å². The van der Waals surface area contributed by atoms with Gasteiger partial charge in [-0.2, -0.15) is 4.40 Å². The van der Waals surface area contributed by atoms with Gasteiger partial charge in [0.2, 0.25) is 0 Å². The summed E-state index contributed by atoms with van der Waals surface area (Å²) in [5.74, 6) is 0. The maximum atomic E-state index is 11.6. The normalized spacial score (nSPS) is 14.4. The van der Waals surface area contributed by atoms with Crippen LogP contribution in [-0.4, -0.2) is 20.2 Å². The summed E-state index contributed by atoms with van der Waals surface area (Å²) in [6, 6.07) is 1.73. The van der Waals surface area contributed by atoms with E-state index in [2.05, 4.69) is 9.38 Å². The largest absolute Gasteiger partial charge is 0.263 e. The van der Waals surface area contributed by atoms with Crippen molar-refractivity contribution in [1.29, 1.82) is 0 Å². The van der Waals surface area contributed by atoms with Crippen molar-refractivity contribution in [3.63, 3.8) is 0 Å². The second-order valence-electron chi connectivity index (χ2n) is 3.99. The predicted octanol–water partition coefficient (Wildman–Crippen LogP) is 2.62. The Hall–Kier alpha value is -0.740. The summed E-state index contributed by atoms with van der Waals surface area (Å²) < 4.78 is 15.2. The molecule has 15 heavy (non-hydrogen) atoms. The Morgan fingerprint density at radius 1 is 1.53 bits per heavy atom. The molecule has 1 heterocycles. The topological polar surface area (TPSA) is 42.3 Å². The van der Waals surface area contributed by atoms with E-state index in [4.69, 9.17) is 11.6 Å². The summed E-state index contributed by atoms with van der Waals surface area (Å²) in [6.45, 7) is 5.61. The minimum atomic E-state index is -1.26. The van der Waals surface area contributed by atoms with E-state index >= 15 is 0 Å². The van der Waals surface area contributed by atoms with Crippen LogP contribution in [0.2, 0.25) is 5.02 Å². The van der Waals surface area contributed by atoms with Crippen molar-refractivity contribution in [1.82, 2.24) is 4.98 Å². The zero-order valence-electron chi connectivity index (χ0n) is 8.90. The van der Waals surface area contributed by atoms with Crippen molar-refractivity contribution < 1.29 is 4.21 Å². The van der Waals surface area contributed by atoms with Crippen LogP contribution in [0.3, 0.4) is 0 Å². The number of hydrogen-bond donors (Lipinski definition) is 0. The predicted molar refractivity (Wildman–Crippen MR) is 64.7 cm³/mol. The molecule has 1 unspecified atom stereocenters. The van der Waals surface area contributed by atoms with Gasteiger partial charge in [0.1, 0.15) is 11.0 Å². The Labute approximate surface area is 97.2 Å². The molecule has 1 atom stereocenters. The van der Waals surface area contributed by atoms with Crippen molar-refractivity contribution in [2.75, 3.05) is 0 Å². The number of pyridine rings is 1. The lowest BCUT2D eigenvalue weighted by molar-refractivity contribution is 0.651. The molecule has 0 aliphatic heterocycles. The maximum absolute atomic E-state index is 11.6. The van der Waals surface area contributed by atoms with Crippen LogP contribution in [0.5, 0.6) is 0 Å². The lowest BCUT2D eigenvalue weighted by Gasteiger charge is -2.12. The van der Waals surface area contributed by atoms with Gasteiger partial charge in [0.15, 0.2) is 0 Å². The molecule has 82 valence electrons. The van der Waals surface area contributed by atoms with Crippen LogP contribution in [0.4, 0.5) is 0 Å². The number of aromatic nitrogens is 1. The Morgan fingerprint density at radius 2 is 2.20 bits per heavy atom. The van der Waals surface area contributed by atoms with Crippen LogP contribution >= 0.6 is 11.6 Å². The average Bonchev–Trinajstić information content (AvgIpc) is 2.14. The first kappa shape index (κ1) is 12.3. The average molecular weight is 245 g/mol. The highest BCUT2D eigenvalue weighted by Crippen LogP contribution is 2.14. The van der Waals surface area contributed by atoms with Crippen LogP contribution in [-0.2, 0) is 11.0 Å². The first-order valence-corrected chi connectivity index (χ1v) is 5.95. The molecule has 0 spiro atoms. The number of hydrogen-bond acceptors (Lipinski definition) is 2. The molecule has 0 N–H and O–H groups in total. The minimum Gasteiger partial charge on any atom is -0.263 e. The molecule has 1 aromatic rings. The Balaban J connectivity index is 2.84. The quantitative estimate of drug-likeness (QED) is 0.751. The summed E-state index contributed by atoms with van der Waals surface area (Å²) >= 11 is 5.87. The molecule has 1 aromatic heterocycles. The van der Waals surface area contributed by atoms with Gasteiger partial charge in [0.05, 0.1) is 9.77 Å². The summed E-state index contributed by atoms with van der Waals surface area (Å²) in [6.07, 6.45) is 4.67. The molecule has 1 rings (SSSR count). The zero-order valence-corrected chi connectivity index (χ0v) is 10.5. The SMILES string of the molecule is CC(C)(C)S(=O)/N=C/c1ccncc1Cl. The summed E-state index contributed by atoms with van der Waals surface area (Å²) in [5, 5.41) is 0.507. The summed E-state index contributed by atoms with van der Waals surface area (Å²) in [4.78, 5) is 3.85. The van der Waals surface area contributed by atoms with Gasteiger partial charge < -0.3 is 0 Å². The Morgan fingerprint density at radius 3 is 2.73 bits per heavy atom. The zero-order chi connectivity index (χ0) is 11.5. The molecule has 0 amide bonds. The van der Waals surface area contributed by atoms with Crippen molar-refractivity contribution in [2.45, 2.75) is 25.5 Å². The fourth-order valence-corrected chi connectivity index (χ4v) is 1.45. The van der Waals surface area contributed by atoms with Crippen LogP contribution in [0.1, 0.15) is 26.3 Å². The molecule has 0 bridgehead atoms. The van der Waals surface area contributed by atoms with Crippen molar-refractivity contribution in [3.8, 4) is 0 Å². The molecule has 0 fully saturated rings. The van der Waals surface area contributed by atoms with E-state index in [0.29, 0.717) is 5.02 Å². The monoisotopic (exact) mass is 244 g/mol.